The van der Waals surface area contributed by atoms with Crippen LogP contribution in [0.15, 0.2) is 42.6 Å². The Morgan fingerprint density at radius 2 is 1.69 bits per heavy atom. The number of anilines is 3. The van der Waals surface area contributed by atoms with Gasteiger partial charge in [0, 0.05) is 12.6 Å². The average Bonchev–Trinajstić information content (AvgIpc) is 3.00. The Labute approximate surface area is 147 Å². The van der Waals surface area contributed by atoms with Gasteiger partial charge in [0.15, 0.2) is 11.6 Å². The van der Waals surface area contributed by atoms with Crippen molar-refractivity contribution in [3.63, 3.8) is 0 Å². The van der Waals surface area contributed by atoms with E-state index in [9.17, 15) is 4.39 Å². The van der Waals surface area contributed by atoms with E-state index in [2.05, 4.69) is 20.1 Å². The topological polar surface area (TPSA) is 135 Å². The Kier molecular flexibility index (Phi) is 3.61. The number of rotatable bonds is 3. The van der Waals surface area contributed by atoms with Crippen molar-refractivity contribution < 1.29 is 4.39 Å². The van der Waals surface area contributed by atoms with Gasteiger partial charge in [-0.3, -0.25) is 4.98 Å². The van der Waals surface area contributed by atoms with E-state index < -0.39 is 0 Å². The highest BCUT2D eigenvalue weighted by atomic mass is 19.1. The molecule has 9 heteroatoms. The highest BCUT2D eigenvalue weighted by Gasteiger charge is 2.17. The van der Waals surface area contributed by atoms with Crippen LogP contribution in [0.3, 0.4) is 0 Å². The fourth-order valence-corrected chi connectivity index (χ4v) is 2.69. The predicted molar refractivity (Wildman–Crippen MR) is 96.9 cm³/mol. The van der Waals surface area contributed by atoms with Crippen molar-refractivity contribution in [3.05, 3.63) is 59.7 Å². The van der Waals surface area contributed by atoms with Gasteiger partial charge in [-0.05, 0) is 23.8 Å². The zero-order valence-corrected chi connectivity index (χ0v) is 13.6. The van der Waals surface area contributed by atoms with Crippen molar-refractivity contribution in [1.29, 1.82) is 0 Å². The molecule has 0 saturated heterocycles. The first-order valence-corrected chi connectivity index (χ1v) is 7.79. The van der Waals surface area contributed by atoms with Crippen LogP contribution in [0.1, 0.15) is 11.3 Å². The molecule has 1 aromatic carbocycles. The fourth-order valence-electron chi connectivity index (χ4n) is 2.69. The highest BCUT2D eigenvalue weighted by Crippen LogP contribution is 2.24. The van der Waals surface area contributed by atoms with E-state index in [4.69, 9.17) is 17.2 Å². The molecule has 4 aromatic rings. The first-order chi connectivity index (χ1) is 12.5. The van der Waals surface area contributed by atoms with Crippen LogP contribution in [0.4, 0.5) is 21.7 Å². The molecular formula is C17H15FN8. The smallest absolute Gasteiger partial charge is 0.255 e. The molecule has 26 heavy (non-hydrogen) atoms. The number of nitrogens with two attached hydrogens (primary N) is 3. The van der Waals surface area contributed by atoms with Gasteiger partial charge in [0.1, 0.15) is 17.0 Å². The molecule has 0 aliphatic rings. The molecule has 130 valence electrons. The molecule has 0 unspecified atom stereocenters. The molecule has 6 N–H and O–H groups in total. The van der Waals surface area contributed by atoms with E-state index in [1.807, 2.05) is 6.07 Å². The van der Waals surface area contributed by atoms with E-state index in [1.165, 1.54) is 10.7 Å². The van der Waals surface area contributed by atoms with Crippen LogP contribution in [0.5, 0.6) is 0 Å². The molecule has 0 aliphatic heterocycles. The van der Waals surface area contributed by atoms with Crippen molar-refractivity contribution in [2.24, 2.45) is 0 Å². The molecule has 0 aliphatic carbocycles. The summed E-state index contributed by atoms with van der Waals surface area (Å²) in [6.07, 6.45) is 1.92. The van der Waals surface area contributed by atoms with Crippen molar-refractivity contribution >= 4 is 28.4 Å². The number of halogens is 1. The highest BCUT2D eigenvalue weighted by molar-refractivity contribution is 5.80. The third-order valence-corrected chi connectivity index (χ3v) is 4.01. The molecule has 3 aromatic heterocycles. The summed E-state index contributed by atoms with van der Waals surface area (Å²) < 4.78 is 15.5. The van der Waals surface area contributed by atoms with Crippen molar-refractivity contribution in [2.75, 3.05) is 17.2 Å². The summed E-state index contributed by atoms with van der Waals surface area (Å²) in [4.78, 5) is 12.7. The quantitative estimate of drug-likeness (QED) is 0.511. The molecule has 4 rings (SSSR count). The van der Waals surface area contributed by atoms with Gasteiger partial charge in [0.25, 0.3) is 5.95 Å². The van der Waals surface area contributed by atoms with Crippen LogP contribution in [-0.4, -0.2) is 24.7 Å². The molecule has 0 amide bonds. The molecule has 0 fully saturated rings. The molecular weight excluding hydrogens is 335 g/mol. The summed E-state index contributed by atoms with van der Waals surface area (Å²) >= 11 is 0. The minimum Gasteiger partial charge on any atom is -0.393 e. The maximum absolute atomic E-state index is 14.0. The van der Waals surface area contributed by atoms with Crippen molar-refractivity contribution in [1.82, 2.24) is 24.7 Å². The van der Waals surface area contributed by atoms with E-state index in [0.29, 0.717) is 22.3 Å². The number of benzene rings is 1. The number of aromatic nitrogens is 5. The Morgan fingerprint density at radius 1 is 0.962 bits per heavy atom. The standard InChI is InChI=1S/C17H15FN8/c18-10-5-2-1-4-9(10)8-11-14-12(6-3-7-22-14)26(25-11)17-23-15(20)13(19)16(21)24-17/h1-7H,8,19H2,(H4,20,21,23,24). The SMILES string of the molecule is Nc1nc(-n2nc(Cc3ccccc3F)c3ncccc32)nc(N)c1N. The predicted octanol–water partition coefficient (Wildman–Crippen LogP) is 1.69. The molecule has 0 radical (unpaired) electrons. The maximum Gasteiger partial charge on any atom is 0.255 e. The number of hydrogen-bond donors (Lipinski definition) is 3. The van der Waals surface area contributed by atoms with Gasteiger partial charge < -0.3 is 17.2 Å². The average molecular weight is 350 g/mol. The van der Waals surface area contributed by atoms with Crippen LogP contribution in [0, 0.1) is 5.82 Å². The number of nitrogen functional groups attached to an aromatic ring is 3. The van der Waals surface area contributed by atoms with Gasteiger partial charge >= 0.3 is 0 Å². The Balaban J connectivity index is 1.89. The molecule has 0 bridgehead atoms. The van der Waals surface area contributed by atoms with Gasteiger partial charge in [-0.1, -0.05) is 18.2 Å². The van der Waals surface area contributed by atoms with Crippen LogP contribution < -0.4 is 17.2 Å². The lowest BCUT2D eigenvalue weighted by Crippen LogP contribution is -2.11. The number of pyridine rings is 1. The van der Waals surface area contributed by atoms with Crippen LogP contribution in [0.2, 0.25) is 0 Å². The molecule has 0 atom stereocenters. The monoisotopic (exact) mass is 350 g/mol. The van der Waals surface area contributed by atoms with Crippen LogP contribution >= 0.6 is 0 Å². The van der Waals surface area contributed by atoms with Crippen molar-refractivity contribution in [2.45, 2.75) is 6.42 Å². The second-order valence-electron chi connectivity index (χ2n) is 5.71. The summed E-state index contributed by atoms with van der Waals surface area (Å²) in [6.45, 7) is 0. The maximum atomic E-state index is 14.0. The Bertz CT molecular complexity index is 1100. The van der Waals surface area contributed by atoms with E-state index in [-0.39, 0.29) is 35.5 Å². The first kappa shape index (κ1) is 15.8. The zero-order valence-electron chi connectivity index (χ0n) is 13.6. The first-order valence-electron chi connectivity index (χ1n) is 7.79. The molecule has 3 heterocycles. The van der Waals surface area contributed by atoms with Gasteiger partial charge in [0.2, 0.25) is 0 Å². The third-order valence-electron chi connectivity index (χ3n) is 4.01. The van der Waals surface area contributed by atoms with Crippen LogP contribution in [-0.2, 0) is 6.42 Å². The van der Waals surface area contributed by atoms with Gasteiger partial charge in [0.05, 0.1) is 11.2 Å². The molecule has 8 nitrogen and oxygen atoms in total. The summed E-state index contributed by atoms with van der Waals surface area (Å²) in [5.74, 6) is 0.00160. The van der Waals surface area contributed by atoms with Gasteiger partial charge in [-0.2, -0.15) is 19.7 Å². The van der Waals surface area contributed by atoms with E-state index in [0.717, 1.165) is 0 Å². The lowest BCUT2D eigenvalue weighted by molar-refractivity contribution is 0.613. The van der Waals surface area contributed by atoms with Crippen LogP contribution in [0.25, 0.3) is 17.0 Å². The minimum atomic E-state index is -0.302. The van der Waals surface area contributed by atoms with Gasteiger partial charge in [-0.25, -0.2) is 4.39 Å². The minimum absolute atomic E-state index is 0.0655. The van der Waals surface area contributed by atoms with E-state index >= 15 is 0 Å². The number of fused-ring (bicyclic) bond motifs is 1. The zero-order chi connectivity index (χ0) is 18.3. The second kappa shape index (κ2) is 5.96. The third kappa shape index (κ3) is 2.55. The summed E-state index contributed by atoms with van der Waals surface area (Å²) in [7, 11) is 0. The van der Waals surface area contributed by atoms with Gasteiger partial charge in [-0.15, -0.1) is 0 Å². The number of hydrogen-bond acceptors (Lipinski definition) is 7. The Morgan fingerprint density at radius 3 is 2.42 bits per heavy atom. The largest absolute Gasteiger partial charge is 0.393 e. The molecule has 0 saturated carbocycles. The summed E-state index contributed by atoms with van der Waals surface area (Å²) in [5.41, 5.74) is 19.8. The van der Waals surface area contributed by atoms with E-state index in [1.54, 1.807) is 30.5 Å². The second-order valence-corrected chi connectivity index (χ2v) is 5.71. The van der Waals surface area contributed by atoms with Crippen molar-refractivity contribution in [3.8, 4) is 5.95 Å². The lowest BCUT2D eigenvalue weighted by atomic mass is 10.1. The number of nitrogens with zero attached hydrogens (tertiary/aromatic N) is 5. The lowest BCUT2D eigenvalue weighted by Gasteiger charge is -2.06. The summed E-state index contributed by atoms with van der Waals surface area (Å²) in [6, 6.07) is 10.1. The molecule has 0 spiro atoms. The fraction of sp³-hybridized carbons (Fsp3) is 0.0588. The summed E-state index contributed by atoms with van der Waals surface area (Å²) in [5, 5.41) is 4.52. The Hall–Kier alpha value is -3.75. The normalized spacial score (nSPS) is 11.1.